The summed E-state index contributed by atoms with van der Waals surface area (Å²) in [6.07, 6.45) is 0.346. The minimum absolute atomic E-state index is 0.0575. The van der Waals surface area contributed by atoms with E-state index in [1.54, 1.807) is 0 Å². The molecule has 0 fully saturated rings. The number of carbonyl (C=O) groups is 1. The van der Waals surface area contributed by atoms with Crippen LogP contribution in [-0.4, -0.2) is 18.2 Å². The fraction of sp³-hybridized carbons (Fsp3) is 0.100. The predicted molar refractivity (Wildman–Crippen MR) is 96.2 cm³/mol. The van der Waals surface area contributed by atoms with Crippen molar-refractivity contribution in [3.05, 3.63) is 77.0 Å². The van der Waals surface area contributed by atoms with E-state index in [2.05, 4.69) is 0 Å². The first-order chi connectivity index (χ1) is 13.3. The van der Waals surface area contributed by atoms with Gasteiger partial charge in [0.1, 0.15) is 11.6 Å². The summed E-state index contributed by atoms with van der Waals surface area (Å²) >= 11 is 0. The van der Waals surface area contributed by atoms with Gasteiger partial charge in [-0.3, -0.25) is 4.79 Å². The van der Waals surface area contributed by atoms with Crippen molar-refractivity contribution in [2.45, 2.75) is 17.7 Å². The van der Waals surface area contributed by atoms with E-state index in [1.165, 1.54) is 30.3 Å². The number of nitrogens with zero attached hydrogens (tertiary/aromatic N) is 2. The zero-order chi connectivity index (χ0) is 20.1. The maximum atomic E-state index is 14.4. The molecule has 8 heteroatoms. The van der Waals surface area contributed by atoms with Crippen LogP contribution in [0, 0.1) is 23.0 Å². The summed E-state index contributed by atoms with van der Waals surface area (Å²) < 4.78 is 55.4. The Hall–Kier alpha value is -3.31. The summed E-state index contributed by atoms with van der Waals surface area (Å²) in [4.78, 5) is 12.0. The Morgan fingerprint density at radius 1 is 1.00 bits per heavy atom. The first-order valence-electron chi connectivity index (χ1n) is 8.32. The molecule has 0 amide bonds. The third kappa shape index (κ3) is 2.72. The lowest BCUT2D eigenvalue weighted by atomic mass is 10.1. The molecule has 1 aliphatic rings. The highest BCUT2D eigenvalue weighted by molar-refractivity contribution is 7.90. The molecule has 0 N–H and O–H groups in total. The van der Waals surface area contributed by atoms with Crippen molar-refractivity contribution in [1.82, 2.24) is 3.97 Å². The number of nitriles is 1. The van der Waals surface area contributed by atoms with Crippen LogP contribution < -0.4 is 0 Å². The molecule has 1 aromatic heterocycles. The van der Waals surface area contributed by atoms with Crippen LogP contribution in [-0.2, 0) is 16.4 Å². The van der Waals surface area contributed by atoms with E-state index in [9.17, 15) is 22.0 Å². The highest BCUT2D eigenvalue weighted by Gasteiger charge is 2.33. The molecule has 0 spiro atoms. The Balaban J connectivity index is 2.02. The predicted octanol–water partition coefficient (Wildman–Crippen LogP) is 3.67. The van der Waals surface area contributed by atoms with Gasteiger partial charge in [0.25, 0.3) is 10.0 Å². The molecule has 0 aliphatic heterocycles. The summed E-state index contributed by atoms with van der Waals surface area (Å²) in [7, 11) is -4.23. The zero-order valence-electron chi connectivity index (χ0n) is 14.3. The molecule has 5 nitrogen and oxygen atoms in total. The smallest absolute Gasteiger partial charge is 0.268 e. The van der Waals surface area contributed by atoms with Gasteiger partial charge in [0.05, 0.1) is 22.2 Å². The second-order valence-electron chi connectivity index (χ2n) is 6.35. The van der Waals surface area contributed by atoms with Crippen LogP contribution >= 0.6 is 0 Å². The van der Waals surface area contributed by atoms with Gasteiger partial charge in [-0.25, -0.2) is 21.2 Å². The summed E-state index contributed by atoms with van der Waals surface area (Å²) in [5.74, 6) is -1.98. The van der Waals surface area contributed by atoms with Gasteiger partial charge in [-0.2, -0.15) is 5.26 Å². The van der Waals surface area contributed by atoms with Gasteiger partial charge in [-0.1, -0.05) is 6.07 Å². The average Bonchev–Trinajstić information content (AvgIpc) is 3.22. The van der Waals surface area contributed by atoms with Crippen LogP contribution in [0.1, 0.15) is 28.0 Å². The SMILES string of the molecule is N#Cc1cccc(S(=O)(=O)n2c(-c3ccc(F)cc3F)cc3c2CCC3=O)c1. The van der Waals surface area contributed by atoms with Gasteiger partial charge in [0.2, 0.25) is 0 Å². The first kappa shape index (κ1) is 18.1. The van der Waals surface area contributed by atoms with Crippen molar-refractivity contribution >= 4 is 15.8 Å². The van der Waals surface area contributed by atoms with Crippen molar-refractivity contribution in [3.8, 4) is 17.3 Å². The van der Waals surface area contributed by atoms with E-state index in [0.717, 1.165) is 16.1 Å². The standard InChI is InChI=1S/C20H12F2N2O3S/c21-13-4-5-15(17(22)9-13)19-10-16-18(6-7-20(16)25)24(19)28(26,27)14-3-1-2-12(8-14)11-23/h1-5,8-10H,6-7H2. The molecule has 3 aromatic rings. The van der Waals surface area contributed by atoms with E-state index in [1.807, 2.05) is 6.07 Å². The lowest BCUT2D eigenvalue weighted by molar-refractivity contribution is 0.0994. The van der Waals surface area contributed by atoms with Crippen molar-refractivity contribution in [2.24, 2.45) is 0 Å². The molecule has 1 aliphatic carbocycles. The number of hydrogen-bond acceptors (Lipinski definition) is 4. The van der Waals surface area contributed by atoms with Gasteiger partial charge in [-0.05, 0) is 42.8 Å². The lowest BCUT2D eigenvalue weighted by Crippen LogP contribution is -2.17. The van der Waals surface area contributed by atoms with Crippen LogP contribution in [0.25, 0.3) is 11.3 Å². The Bertz CT molecular complexity index is 1290. The number of carbonyl (C=O) groups excluding carboxylic acids is 1. The molecule has 2 aromatic carbocycles. The van der Waals surface area contributed by atoms with Crippen LogP contribution in [0.3, 0.4) is 0 Å². The van der Waals surface area contributed by atoms with E-state index >= 15 is 0 Å². The monoisotopic (exact) mass is 398 g/mol. The van der Waals surface area contributed by atoms with Crippen molar-refractivity contribution in [2.75, 3.05) is 0 Å². The second-order valence-corrected chi connectivity index (χ2v) is 8.13. The lowest BCUT2D eigenvalue weighted by Gasteiger charge is -2.14. The van der Waals surface area contributed by atoms with Crippen molar-refractivity contribution < 1.29 is 22.0 Å². The number of Topliss-reactive ketones (excluding diaryl/α,β-unsaturated/α-hetero) is 1. The Morgan fingerprint density at radius 3 is 2.50 bits per heavy atom. The van der Waals surface area contributed by atoms with Gasteiger partial charge in [0.15, 0.2) is 5.78 Å². The first-order valence-corrected chi connectivity index (χ1v) is 9.76. The van der Waals surface area contributed by atoms with Gasteiger partial charge >= 0.3 is 0 Å². The topological polar surface area (TPSA) is 79.9 Å². The summed E-state index contributed by atoms with van der Waals surface area (Å²) in [6.45, 7) is 0. The molecule has 0 atom stereocenters. The molecule has 1 heterocycles. The molecule has 0 saturated carbocycles. The maximum Gasteiger partial charge on any atom is 0.268 e. The van der Waals surface area contributed by atoms with E-state index in [0.29, 0.717) is 6.07 Å². The number of fused-ring (bicyclic) bond motifs is 1. The Morgan fingerprint density at radius 2 is 1.79 bits per heavy atom. The summed E-state index contributed by atoms with van der Waals surface area (Å²) in [6, 6.07) is 11.4. The van der Waals surface area contributed by atoms with Gasteiger partial charge in [-0.15, -0.1) is 0 Å². The summed E-state index contributed by atoms with van der Waals surface area (Å²) in [5.41, 5.74) is 0.418. The fourth-order valence-electron chi connectivity index (χ4n) is 3.37. The normalized spacial score (nSPS) is 13.4. The van der Waals surface area contributed by atoms with Crippen LogP contribution in [0.2, 0.25) is 0 Å². The van der Waals surface area contributed by atoms with E-state index < -0.39 is 21.7 Å². The largest absolute Gasteiger partial charge is 0.294 e. The van der Waals surface area contributed by atoms with Crippen LogP contribution in [0.5, 0.6) is 0 Å². The second kappa shape index (κ2) is 6.39. The zero-order valence-corrected chi connectivity index (χ0v) is 15.1. The van der Waals surface area contributed by atoms with Gasteiger partial charge < -0.3 is 0 Å². The van der Waals surface area contributed by atoms with E-state index in [-0.39, 0.29) is 51.6 Å². The quantitative estimate of drug-likeness (QED) is 0.674. The molecule has 0 saturated heterocycles. The summed E-state index contributed by atoms with van der Waals surface area (Å²) in [5, 5.41) is 9.06. The molecule has 4 rings (SSSR count). The highest BCUT2D eigenvalue weighted by Crippen LogP contribution is 2.36. The fourth-order valence-corrected chi connectivity index (χ4v) is 5.00. The average molecular weight is 398 g/mol. The third-order valence-electron chi connectivity index (χ3n) is 4.65. The minimum atomic E-state index is -4.23. The number of benzene rings is 2. The number of ketones is 1. The molecule has 0 radical (unpaired) electrons. The van der Waals surface area contributed by atoms with Crippen LogP contribution in [0.15, 0.2) is 53.4 Å². The molecule has 28 heavy (non-hydrogen) atoms. The molecular formula is C20H12F2N2O3S. The number of halogens is 2. The number of aromatic nitrogens is 1. The maximum absolute atomic E-state index is 14.4. The molecule has 0 unspecified atom stereocenters. The molecular weight excluding hydrogens is 386 g/mol. The number of hydrogen-bond donors (Lipinski definition) is 0. The Kier molecular flexibility index (Phi) is 4.12. The van der Waals surface area contributed by atoms with Crippen molar-refractivity contribution in [1.29, 1.82) is 5.26 Å². The van der Waals surface area contributed by atoms with Crippen molar-refractivity contribution in [3.63, 3.8) is 0 Å². The highest BCUT2D eigenvalue weighted by atomic mass is 32.2. The third-order valence-corrected chi connectivity index (χ3v) is 6.40. The van der Waals surface area contributed by atoms with Crippen LogP contribution in [0.4, 0.5) is 8.78 Å². The molecule has 140 valence electrons. The Labute approximate surface area is 159 Å². The minimum Gasteiger partial charge on any atom is -0.294 e. The van der Waals surface area contributed by atoms with Gasteiger partial charge in [0, 0.05) is 29.3 Å². The molecule has 0 bridgehead atoms. The van der Waals surface area contributed by atoms with E-state index in [4.69, 9.17) is 5.26 Å². The number of rotatable bonds is 3.